The molecule has 2 rings (SSSR count). The van der Waals surface area contributed by atoms with Gasteiger partial charge in [-0.3, -0.25) is 4.68 Å². The second kappa shape index (κ2) is 3.02. The smallest absolute Gasteiger partial charge is 0.352 e. The van der Waals surface area contributed by atoms with Gasteiger partial charge in [-0.15, -0.1) is 0 Å². The van der Waals surface area contributed by atoms with Crippen LogP contribution < -0.4 is 0 Å². The first-order valence-corrected chi connectivity index (χ1v) is 4.08. The van der Waals surface area contributed by atoms with Crippen LogP contribution in [-0.2, 0) is 7.05 Å². The van der Waals surface area contributed by atoms with Crippen molar-refractivity contribution in [2.24, 2.45) is 7.05 Å². The van der Waals surface area contributed by atoms with E-state index in [0.29, 0.717) is 0 Å². The van der Waals surface area contributed by atoms with Gasteiger partial charge in [0.1, 0.15) is 5.69 Å². The number of hydrogen-bond donors (Lipinski definition) is 2. The van der Waals surface area contributed by atoms with E-state index in [-0.39, 0.29) is 5.69 Å². The van der Waals surface area contributed by atoms with Crippen molar-refractivity contribution in [1.29, 1.82) is 0 Å². The number of nitrogens with zero attached hydrogens (tertiary/aromatic N) is 2. The van der Waals surface area contributed by atoms with Crippen molar-refractivity contribution in [3.05, 3.63) is 30.2 Å². The largest absolute Gasteiger partial charge is 0.477 e. The molecule has 0 fully saturated rings. The van der Waals surface area contributed by atoms with Crippen LogP contribution in [0.15, 0.2) is 24.5 Å². The number of H-pyrrole nitrogens is 1. The topological polar surface area (TPSA) is 70.9 Å². The standard InChI is InChI=1S/C9H9N3O2/c1-12-8(2-3-11-12)6-4-7(9(13)14)10-5-6/h2-5,10H,1H3,(H,13,14). The summed E-state index contributed by atoms with van der Waals surface area (Å²) < 4.78 is 1.69. The number of hydrogen-bond acceptors (Lipinski definition) is 2. The Kier molecular flexibility index (Phi) is 1.85. The molecule has 0 atom stereocenters. The van der Waals surface area contributed by atoms with Gasteiger partial charge in [-0.2, -0.15) is 5.10 Å². The fourth-order valence-corrected chi connectivity index (χ4v) is 1.32. The number of carbonyl (C=O) groups is 1. The van der Waals surface area contributed by atoms with Crippen molar-refractivity contribution in [3.63, 3.8) is 0 Å². The third-order valence-electron chi connectivity index (χ3n) is 2.03. The summed E-state index contributed by atoms with van der Waals surface area (Å²) in [6, 6.07) is 3.41. The maximum absolute atomic E-state index is 10.6. The van der Waals surface area contributed by atoms with E-state index in [4.69, 9.17) is 5.11 Å². The summed E-state index contributed by atoms with van der Waals surface area (Å²) >= 11 is 0. The molecule has 2 aromatic rings. The molecule has 0 aromatic carbocycles. The monoisotopic (exact) mass is 191 g/mol. The van der Waals surface area contributed by atoms with Crippen LogP contribution in [0.25, 0.3) is 11.3 Å². The number of carboxylic acid groups (broad SMARTS) is 1. The quantitative estimate of drug-likeness (QED) is 0.747. The Balaban J connectivity index is 2.43. The molecule has 0 amide bonds. The lowest BCUT2D eigenvalue weighted by molar-refractivity contribution is 0.0691. The van der Waals surface area contributed by atoms with Crippen LogP contribution in [0.2, 0.25) is 0 Å². The van der Waals surface area contributed by atoms with Gasteiger partial charge in [0.15, 0.2) is 0 Å². The zero-order chi connectivity index (χ0) is 10.1. The Hall–Kier alpha value is -2.04. The maximum Gasteiger partial charge on any atom is 0.352 e. The van der Waals surface area contributed by atoms with E-state index in [9.17, 15) is 4.79 Å². The van der Waals surface area contributed by atoms with Crippen LogP contribution in [0.1, 0.15) is 10.5 Å². The molecule has 0 aliphatic carbocycles. The Bertz CT molecular complexity index is 470. The number of aromatic nitrogens is 3. The first-order chi connectivity index (χ1) is 6.68. The van der Waals surface area contributed by atoms with Gasteiger partial charge >= 0.3 is 5.97 Å². The molecule has 0 aliphatic heterocycles. The van der Waals surface area contributed by atoms with E-state index in [1.165, 1.54) is 0 Å². The molecule has 5 heteroatoms. The highest BCUT2D eigenvalue weighted by Gasteiger charge is 2.09. The molecule has 0 saturated heterocycles. The molecule has 0 spiro atoms. The van der Waals surface area contributed by atoms with Gasteiger partial charge < -0.3 is 10.1 Å². The predicted molar refractivity (Wildman–Crippen MR) is 50.0 cm³/mol. The molecule has 0 saturated carbocycles. The summed E-state index contributed by atoms with van der Waals surface area (Å²) in [6.07, 6.45) is 3.32. The average molecular weight is 191 g/mol. The van der Waals surface area contributed by atoms with Crippen LogP contribution in [0.5, 0.6) is 0 Å². The Morgan fingerprint density at radius 1 is 1.64 bits per heavy atom. The highest BCUT2D eigenvalue weighted by Crippen LogP contribution is 2.18. The van der Waals surface area contributed by atoms with Crippen molar-refractivity contribution >= 4 is 5.97 Å². The Labute approximate surface area is 80.0 Å². The lowest BCUT2D eigenvalue weighted by Gasteiger charge is -1.96. The van der Waals surface area contributed by atoms with E-state index in [0.717, 1.165) is 11.3 Å². The molecule has 0 aliphatic rings. The number of nitrogens with one attached hydrogen (secondary N) is 1. The SMILES string of the molecule is Cn1nccc1-c1c[nH]c(C(=O)O)c1. The van der Waals surface area contributed by atoms with Gasteiger partial charge in [0.05, 0.1) is 5.69 Å². The molecule has 2 heterocycles. The lowest BCUT2D eigenvalue weighted by atomic mass is 10.2. The van der Waals surface area contributed by atoms with Gasteiger partial charge in [0.25, 0.3) is 0 Å². The molecular formula is C9H9N3O2. The Morgan fingerprint density at radius 2 is 2.43 bits per heavy atom. The highest BCUT2D eigenvalue weighted by atomic mass is 16.4. The van der Waals surface area contributed by atoms with Crippen LogP contribution >= 0.6 is 0 Å². The molecular weight excluding hydrogens is 182 g/mol. The van der Waals surface area contributed by atoms with Gasteiger partial charge in [-0.1, -0.05) is 0 Å². The minimum Gasteiger partial charge on any atom is -0.477 e. The van der Waals surface area contributed by atoms with Crippen LogP contribution in [-0.4, -0.2) is 25.8 Å². The zero-order valence-electron chi connectivity index (χ0n) is 7.56. The normalized spacial score (nSPS) is 10.4. The lowest BCUT2D eigenvalue weighted by Crippen LogP contribution is -1.95. The minimum atomic E-state index is -0.960. The molecule has 72 valence electrons. The fraction of sp³-hybridized carbons (Fsp3) is 0.111. The second-order valence-corrected chi connectivity index (χ2v) is 2.95. The summed E-state index contributed by atoms with van der Waals surface area (Å²) in [5, 5.41) is 12.7. The molecule has 0 radical (unpaired) electrons. The first-order valence-electron chi connectivity index (χ1n) is 4.08. The molecule has 5 nitrogen and oxygen atoms in total. The van der Waals surface area contributed by atoms with E-state index >= 15 is 0 Å². The van der Waals surface area contributed by atoms with E-state index in [1.54, 1.807) is 23.1 Å². The Morgan fingerprint density at radius 3 is 2.93 bits per heavy atom. The van der Waals surface area contributed by atoms with Crippen molar-refractivity contribution in [1.82, 2.24) is 14.8 Å². The van der Waals surface area contributed by atoms with Gasteiger partial charge in [-0.25, -0.2) is 4.79 Å². The van der Waals surface area contributed by atoms with E-state index in [2.05, 4.69) is 10.1 Å². The van der Waals surface area contributed by atoms with Crippen LogP contribution in [0.4, 0.5) is 0 Å². The number of aromatic carboxylic acids is 1. The van der Waals surface area contributed by atoms with Crippen molar-refractivity contribution in [3.8, 4) is 11.3 Å². The summed E-state index contributed by atoms with van der Waals surface area (Å²) in [6.45, 7) is 0. The average Bonchev–Trinajstić information content (AvgIpc) is 2.71. The summed E-state index contributed by atoms with van der Waals surface area (Å²) in [5.41, 5.74) is 1.89. The first kappa shape index (κ1) is 8.55. The molecule has 0 unspecified atom stereocenters. The maximum atomic E-state index is 10.6. The highest BCUT2D eigenvalue weighted by molar-refractivity contribution is 5.87. The van der Waals surface area contributed by atoms with Gasteiger partial charge in [0.2, 0.25) is 0 Å². The summed E-state index contributed by atoms with van der Waals surface area (Å²) in [5.74, 6) is -0.960. The zero-order valence-corrected chi connectivity index (χ0v) is 7.56. The van der Waals surface area contributed by atoms with E-state index in [1.807, 2.05) is 13.1 Å². The van der Waals surface area contributed by atoms with Crippen molar-refractivity contribution in [2.45, 2.75) is 0 Å². The molecule has 14 heavy (non-hydrogen) atoms. The van der Waals surface area contributed by atoms with Gasteiger partial charge in [-0.05, 0) is 12.1 Å². The number of carboxylic acids is 1. The summed E-state index contributed by atoms with van der Waals surface area (Å²) in [4.78, 5) is 13.3. The molecule has 2 aromatic heterocycles. The minimum absolute atomic E-state index is 0.182. The molecule has 0 bridgehead atoms. The van der Waals surface area contributed by atoms with Crippen LogP contribution in [0, 0.1) is 0 Å². The summed E-state index contributed by atoms with van der Waals surface area (Å²) in [7, 11) is 1.81. The third kappa shape index (κ3) is 1.28. The number of aryl methyl sites for hydroxylation is 1. The van der Waals surface area contributed by atoms with Crippen LogP contribution in [0.3, 0.4) is 0 Å². The van der Waals surface area contributed by atoms with Crippen molar-refractivity contribution in [2.75, 3.05) is 0 Å². The third-order valence-corrected chi connectivity index (χ3v) is 2.03. The second-order valence-electron chi connectivity index (χ2n) is 2.95. The predicted octanol–water partition coefficient (Wildman–Crippen LogP) is 1.11. The number of rotatable bonds is 2. The van der Waals surface area contributed by atoms with E-state index < -0.39 is 5.97 Å². The number of aromatic amines is 1. The van der Waals surface area contributed by atoms with Gasteiger partial charge in [0, 0.05) is 25.0 Å². The van der Waals surface area contributed by atoms with Crippen molar-refractivity contribution < 1.29 is 9.90 Å². The fourth-order valence-electron chi connectivity index (χ4n) is 1.32. The molecule has 2 N–H and O–H groups in total.